The van der Waals surface area contributed by atoms with Gasteiger partial charge in [0, 0.05) is 37.8 Å². The third kappa shape index (κ3) is 2.80. The molecule has 7 heteroatoms. The van der Waals surface area contributed by atoms with E-state index < -0.39 is 4.92 Å². The van der Waals surface area contributed by atoms with Gasteiger partial charge in [0.05, 0.1) is 4.92 Å². The second-order valence-electron chi connectivity index (χ2n) is 4.16. The topological polar surface area (TPSA) is 99.3 Å². The first-order valence-corrected chi connectivity index (χ1v) is 5.82. The molecule has 1 aliphatic heterocycles. The van der Waals surface area contributed by atoms with Gasteiger partial charge >= 0.3 is 0 Å². The minimum atomic E-state index is -0.574. The van der Waals surface area contributed by atoms with Crippen molar-refractivity contribution in [2.24, 2.45) is 0 Å². The summed E-state index contributed by atoms with van der Waals surface area (Å²) in [6.07, 6.45) is 0.374. The zero-order chi connectivity index (χ0) is 13.8. The number of amides is 1. The molecule has 0 aliphatic carbocycles. The Hall–Kier alpha value is -2.62. The van der Waals surface area contributed by atoms with E-state index in [0.717, 1.165) is 5.69 Å². The molecule has 0 atom stereocenters. The highest BCUT2D eigenvalue weighted by atomic mass is 16.6. The Morgan fingerprint density at radius 1 is 1.42 bits per heavy atom. The molecular weight excluding hydrogens is 248 g/mol. The van der Waals surface area contributed by atoms with Crippen molar-refractivity contribution >= 4 is 17.3 Å². The van der Waals surface area contributed by atoms with Crippen molar-refractivity contribution in [1.82, 2.24) is 5.32 Å². The van der Waals surface area contributed by atoms with Gasteiger partial charge in [-0.3, -0.25) is 14.9 Å². The standard InChI is InChI=1S/C12H12N4O3/c13-8-9-7-10(1-2-11(9)16(18)19)15-5-3-12(17)14-4-6-15/h1-2,7H,3-6H2,(H,14,17). The predicted octanol–water partition coefficient (Wildman–Crippen LogP) is 0.793. The van der Waals surface area contributed by atoms with Crippen LogP contribution >= 0.6 is 0 Å². The molecule has 0 spiro atoms. The van der Waals surface area contributed by atoms with Crippen molar-refractivity contribution < 1.29 is 9.72 Å². The number of nitrogens with one attached hydrogen (secondary N) is 1. The molecule has 1 saturated heterocycles. The van der Waals surface area contributed by atoms with Crippen LogP contribution in [0, 0.1) is 21.4 Å². The Bertz CT molecular complexity index is 565. The summed E-state index contributed by atoms with van der Waals surface area (Å²) in [5.41, 5.74) is 0.556. The average Bonchev–Trinajstić information content (AvgIpc) is 2.62. The Labute approximate surface area is 109 Å². The monoisotopic (exact) mass is 260 g/mol. The maximum atomic E-state index is 11.2. The number of rotatable bonds is 2. The van der Waals surface area contributed by atoms with Crippen LogP contribution < -0.4 is 10.2 Å². The van der Waals surface area contributed by atoms with Crippen LogP contribution in [0.15, 0.2) is 18.2 Å². The highest BCUT2D eigenvalue weighted by Gasteiger charge is 2.18. The lowest BCUT2D eigenvalue weighted by Crippen LogP contribution is -2.28. The Kier molecular flexibility index (Phi) is 3.61. The summed E-state index contributed by atoms with van der Waals surface area (Å²) in [4.78, 5) is 23.4. The van der Waals surface area contributed by atoms with Gasteiger partial charge in [-0.05, 0) is 12.1 Å². The van der Waals surface area contributed by atoms with E-state index in [1.807, 2.05) is 11.0 Å². The first-order valence-electron chi connectivity index (χ1n) is 5.82. The molecule has 7 nitrogen and oxygen atoms in total. The van der Waals surface area contributed by atoms with E-state index >= 15 is 0 Å². The lowest BCUT2D eigenvalue weighted by atomic mass is 10.1. The van der Waals surface area contributed by atoms with Crippen molar-refractivity contribution in [3.05, 3.63) is 33.9 Å². The van der Waals surface area contributed by atoms with Gasteiger partial charge in [0.1, 0.15) is 11.6 Å². The van der Waals surface area contributed by atoms with Crippen LogP contribution in [0.25, 0.3) is 0 Å². The molecule has 1 amide bonds. The minimum absolute atomic E-state index is 0.00933. The van der Waals surface area contributed by atoms with Crippen molar-refractivity contribution in [3.63, 3.8) is 0 Å². The average molecular weight is 260 g/mol. The SMILES string of the molecule is N#Cc1cc(N2CCNC(=O)CC2)ccc1[N+](=O)[O-]. The molecule has 1 aromatic carbocycles. The van der Waals surface area contributed by atoms with Crippen LogP contribution in [0.4, 0.5) is 11.4 Å². The summed E-state index contributed by atoms with van der Waals surface area (Å²) >= 11 is 0. The normalized spacial score (nSPS) is 15.3. The third-order valence-electron chi connectivity index (χ3n) is 2.98. The van der Waals surface area contributed by atoms with Crippen molar-refractivity contribution in [3.8, 4) is 6.07 Å². The number of nitro groups is 1. The molecule has 0 aromatic heterocycles. The van der Waals surface area contributed by atoms with Crippen molar-refractivity contribution in [2.45, 2.75) is 6.42 Å². The number of hydrogen-bond donors (Lipinski definition) is 1. The fraction of sp³-hybridized carbons (Fsp3) is 0.333. The summed E-state index contributed by atoms with van der Waals surface area (Å²) < 4.78 is 0. The lowest BCUT2D eigenvalue weighted by Gasteiger charge is -2.21. The highest BCUT2D eigenvalue weighted by molar-refractivity contribution is 5.77. The second-order valence-corrected chi connectivity index (χ2v) is 4.16. The Morgan fingerprint density at radius 2 is 2.21 bits per heavy atom. The van der Waals surface area contributed by atoms with Gasteiger partial charge in [-0.2, -0.15) is 5.26 Å². The summed E-state index contributed by atoms with van der Waals surface area (Å²) in [6, 6.07) is 6.26. The maximum Gasteiger partial charge on any atom is 0.287 e. The molecule has 1 fully saturated rings. The number of hydrogen-bond acceptors (Lipinski definition) is 5. The van der Waals surface area contributed by atoms with Crippen LogP contribution in [-0.2, 0) is 4.79 Å². The molecule has 98 valence electrons. The molecule has 0 unspecified atom stereocenters. The van der Waals surface area contributed by atoms with E-state index in [0.29, 0.717) is 26.1 Å². The Balaban J connectivity index is 2.28. The highest BCUT2D eigenvalue weighted by Crippen LogP contribution is 2.24. The van der Waals surface area contributed by atoms with Gasteiger partial charge in [-0.15, -0.1) is 0 Å². The number of anilines is 1. The molecule has 2 rings (SSSR count). The van der Waals surface area contributed by atoms with Gasteiger partial charge < -0.3 is 10.2 Å². The van der Waals surface area contributed by atoms with E-state index in [1.54, 1.807) is 6.07 Å². The number of nitro benzene ring substituents is 1. The van der Waals surface area contributed by atoms with E-state index in [9.17, 15) is 14.9 Å². The minimum Gasteiger partial charge on any atom is -0.369 e. The molecule has 0 radical (unpaired) electrons. The largest absolute Gasteiger partial charge is 0.369 e. The number of benzene rings is 1. The van der Waals surface area contributed by atoms with Crippen molar-refractivity contribution in [1.29, 1.82) is 5.26 Å². The van der Waals surface area contributed by atoms with E-state index in [4.69, 9.17) is 5.26 Å². The summed E-state index contributed by atoms with van der Waals surface area (Å²) in [7, 11) is 0. The first-order chi connectivity index (χ1) is 9.11. The molecule has 19 heavy (non-hydrogen) atoms. The van der Waals surface area contributed by atoms with Crippen LogP contribution in [-0.4, -0.2) is 30.5 Å². The van der Waals surface area contributed by atoms with E-state index in [2.05, 4.69) is 5.32 Å². The molecule has 1 aromatic rings. The van der Waals surface area contributed by atoms with Crippen LogP contribution in [0.1, 0.15) is 12.0 Å². The molecular formula is C12H12N4O3. The number of carbonyl (C=O) groups excluding carboxylic acids is 1. The van der Waals surface area contributed by atoms with Crippen LogP contribution in [0.5, 0.6) is 0 Å². The van der Waals surface area contributed by atoms with Crippen LogP contribution in [0.2, 0.25) is 0 Å². The van der Waals surface area contributed by atoms with Gasteiger partial charge in [-0.1, -0.05) is 0 Å². The van der Waals surface area contributed by atoms with Gasteiger partial charge in [-0.25, -0.2) is 0 Å². The molecule has 0 bridgehead atoms. The third-order valence-corrected chi connectivity index (χ3v) is 2.98. The smallest absolute Gasteiger partial charge is 0.287 e. The van der Waals surface area contributed by atoms with Gasteiger partial charge in [0.15, 0.2) is 0 Å². The first kappa shape index (κ1) is 12.8. The molecule has 1 aliphatic rings. The van der Waals surface area contributed by atoms with Gasteiger partial charge in [0.2, 0.25) is 5.91 Å². The Morgan fingerprint density at radius 3 is 2.89 bits per heavy atom. The zero-order valence-corrected chi connectivity index (χ0v) is 10.1. The molecule has 1 N–H and O–H groups in total. The lowest BCUT2D eigenvalue weighted by molar-refractivity contribution is -0.385. The fourth-order valence-electron chi connectivity index (χ4n) is 1.99. The quantitative estimate of drug-likeness (QED) is 0.626. The maximum absolute atomic E-state index is 11.2. The molecule has 1 heterocycles. The van der Waals surface area contributed by atoms with Crippen molar-refractivity contribution in [2.75, 3.05) is 24.5 Å². The summed E-state index contributed by atoms with van der Waals surface area (Å²) in [5.74, 6) is -0.00933. The predicted molar refractivity (Wildman–Crippen MR) is 67.7 cm³/mol. The number of carbonyl (C=O) groups is 1. The summed E-state index contributed by atoms with van der Waals surface area (Å²) in [6.45, 7) is 1.68. The fourth-order valence-corrected chi connectivity index (χ4v) is 1.99. The second kappa shape index (κ2) is 5.35. The van der Waals surface area contributed by atoms with Gasteiger partial charge in [0.25, 0.3) is 5.69 Å². The van der Waals surface area contributed by atoms with E-state index in [1.165, 1.54) is 12.1 Å². The number of nitriles is 1. The summed E-state index contributed by atoms with van der Waals surface area (Å²) in [5, 5.41) is 22.4. The number of nitrogens with zero attached hydrogens (tertiary/aromatic N) is 3. The zero-order valence-electron chi connectivity index (χ0n) is 10.1. The van der Waals surface area contributed by atoms with Crippen LogP contribution in [0.3, 0.4) is 0 Å². The molecule has 0 saturated carbocycles. The van der Waals surface area contributed by atoms with E-state index in [-0.39, 0.29) is 17.2 Å².